The number of likely N-dealkylation sites (N-methyl/N-ethyl adjacent to an activating group) is 1. The molecule has 1 aliphatic rings. The van der Waals surface area contributed by atoms with Crippen LogP contribution in [0.25, 0.3) is 0 Å². The van der Waals surface area contributed by atoms with Crippen molar-refractivity contribution in [1.29, 1.82) is 0 Å². The van der Waals surface area contributed by atoms with Crippen LogP contribution in [0.4, 0.5) is 15.8 Å². The van der Waals surface area contributed by atoms with Crippen LogP contribution in [0.2, 0.25) is 0 Å². The Bertz CT molecular complexity index is 865. The van der Waals surface area contributed by atoms with Crippen molar-refractivity contribution in [2.75, 3.05) is 17.3 Å². The number of carbonyl (C=O) groups excluding carboxylic acids is 2. The number of rotatable bonds is 4. The lowest BCUT2D eigenvalue weighted by Crippen LogP contribution is -2.36. The van der Waals surface area contributed by atoms with Gasteiger partial charge < -0.3 is 15.1 Å². The van der Waals surface area contributed by atoms with Crippen LogP contribution in [-0.2, 0) is 14.4 Å². The fourth-order valence-corrected chi connectivity index (χ4v) is 2.66. The Morgan fingerprint density at radius 2 is 1.96 bits per heavy atom. The van der Waals surface area contributed by atoms with Gasteiger partial charge in [-0.15, -0.1) is 0 Å². The molecule has 6 nitrogen and oxygen atoms in total. The first-order chi connectivity index (χ1) is 12.4. The first-order valence-electron chi connectivity index (χ1n) is 8.08. The first-order valence-corrected chi connectivity index (χ1v) is 8.08. The van der Waals surface area contributed by atoms with Crippen LogP contribution >= 0.6 is 0 Å². The second-order valence-corrected chi connectivity index (χ2v) is 5.97. The summed E-state index contributed by atoms with van der Waals surface area (Å²) in [5.41, 5.74) is 2.45. The van der Waals surface area contributed by atoms with Crippen molar-refractivity contribution in [2.24, 2.45) is 5.16 Å². The molecular formula is C19H18FN3O3. The van der Waals surface area contributed by atoms with Crippen molar-refractivity contribution in [1.82, 2.24) is 0 Å². The molecule has 0 saturated heterocycles. The van der Waals surface area contributed by atoms with E-state index in [0.29, 0.717) is 22.6 Å². The third-order valence-electron chi connectivity index (χ3n) is 4.01. The van der Waals surface area contributed by atoms with E-state index in [1.165, 1.54) is 24.0 Å². The van der Waals surface area contributed by atoms with E-state index in [1.807, 2.05) is 0 Å². The van der Waals surface area contributed by atoms with Gasteiger partial charge in [-0.05, 0) is 36.4 Å². The summed E-state index contributed by atoms with van der Waals surface area (Å²) in [4.78, 5) is 30.4. The Labute approximate surface area is 150 Å². The molecule has 2 aromatic carbocycles. The van der Waals surface area contributed by atoms with E-state index in [0.717, 1.165) is 0 Å². The Kier molecular flexibility index (Phi) is 4.97. The number of benzene rings is 2. The molecule has 1 aliphatic heterocycles. The summed E-state index contributed by atoms with van der Waals surface area (Å²) in [5.74, 6) is -0.785. The van der Waals surface area contributed by atoms with Crippen molar-refractivity contribution < 1.29 is 18.8 Å². The van der Waals surface area contributed by atoms with Crippen LogP contribution in [-0.4, -0.2) is 30.7 Å². The van der Waals surface area contributed by atoms with Gasteiger partial charge in [0.1, 0.15) is 5.82 Å². The van der Waals surface area contributed by atoms with Gasteiger partial charge in [-0.2, -0.15) is 0 Å². The highest BCUT2D eigenvalue weighted by molar-refractivity contribution is 6.06. The minimum absolute atomic E-state index is 0.163. The molecule has 2 amide bonds. The summed E-state index contributed by atoms with van der Waals surface area (Å²) in [5, 5.41) is 6.60. The molecule has 0 aromatic heterocycles. The van der Waals surface area contributed by atoms with Gasteiger partial charge in [0, 0.05) is 37.3 Å². The summed E-state index contributed by atoms with van der Waals surface area (Å²) < 4.78 is 13.3. The molecule has 0 aliphatic carbocycles. The maximum atomic E-state index is 13.3. The van der Waals surface area contributed by atoms with Gasteiger partial charge in [0.25, 0.3) is 5.91 Å². The van der Waals surface area contributed by atoms with E-state index in [-0.39, 0.29) is 24.1 Å². The smallest absolute Gasteiger partial charge is 0.271 e. The van der Waals surface area contributed by atoms with Gasteiger partial charge in [0.05, 0.1) is 5.71 Å². The summed E-state index contributed by atoms with van der Waals surface area (Å²) >= 11 is 0. The summed E-state index contributed by atoms with van der Waals surface area (Å²) in [6.45, 7) is 1.43. The third-order valence-corrected chi connectivity index (χ3v) is 4.01. The van der Waals surface area contributed by atoms with Gasteiger partial charge in [0.2, 0.25) is 12.0 Å². The molecule has 0 spiro atoms. The van der Waals surface area contributed by atoms with Gasteiger partial charge in [-0.3, -0.25) is 9.59 Å². The minimum atomic E-state index is -0.756. The van der Waals surface area contributed by atoms with Gasteiger partial charge in [-0.1, -0.05) is 17.3 Å². The van der Waals surface area contributed by atoms with Crippen LogP contribution < -0.4 is 10.2 Å². The van der Waals surface area contributed by atoms with E-state index in [2.05, 4.69) is 10.5 Å². The van der Waals surface area contributed by atoms with Crippen molar-refractivity contribution in [3.8, 4) is 0 Å². The van der Waals surface area contributed by atoms with Gasteiger partial charge >= 0.3 is 0 Å². The van der Waals surface area contributed by atoms with E-state index in [9.17, 15) is 14.0 Å². The number of nitrogens with zero attached hydrogens (tertiary/aromatic N) is 2. The Balaban J connectivity index is 1.65. The predicted molar refractivity (Wildman–Crippen MR) is 96.6 cm³/mol. The highest BCUT2D eigenvalue weighted by atomic mass is 19.1. The molecule has 0 fully saturated rings. The Morgan fingerprint density at radius 1 is 1.23 bits per heavy atom. The SMILES string of the molecule is CC(=O)Nc1ccc(N(C)C(=O)C2CC(c3cccc(F)c3)=NO2)cc1. The molecule has 134 valence electrons. The lowest BCUT2D eigenvalue weighted by atomic mass is 10.0. The Hall–Kier alpha value is -3.22. The number of oxime groups is 1. The maximum absolute atomic E-state index is 13.3. The third kappa shape index (κ3) is 3.88. The van der Waals surface area contributed by atoms with E-state index in [4.69, 9.17) is 4.84 Å². The van der Waals surface area contributed by atoms with E-state index < -0.39 is 6.10 Å². The lowest BCUT2D eigenvalue weighted by Gasteiger charge is -2.20. The van der Waals surface area contributed by atoms with Crippen LogP contribution in [0.3, 0.4) is 0 Å². The number of carbonyl (C=O) groups is 2. The van der Waals surface area contributed by atoms with Crippen LogP contribution in [0, 0.1) is 5.82 Å². The standard InChI is InChI=1S/C19H18FN3O3/c1-12(24)21-15-6-8-16(9-7-15)23(2)19(25)18-11-17(22-26-18)13-4-3-5-14(20)10-13/h3-10,18H,11H2,1-2H3,(H,21,24). The highest BCUT2D eigenvalue weighted by Crippen LogP contribution is 2.22. The van der Waals surface area contributed by atoms with Crippen LogP contribution in [0.5, 0.6) is 0 Å². The number of hydrogen-bond donors (Lipinski definition) is 1. The monoisotopic (exact) mass is 355 g/mol. The molecule has 1 N–H and O–H groups in total. The molecule has 1 heterocycles. The topological polar surface area (TPSA) is 71.0 Å². The first kappa shape index (κ1) is 17.6. The molecule has 26 heavy (non-hydrogen) atoms. The molecule has 1 atom stereocenters. The molecular weight excluding hydrogens is 337 g/mol. The average Bonchev–Trinajstić information content (AvgIpc) is 3.11. The number of anilines is 2. The molecule has 1 unspecified atom stereocenters. The lowest BCUT2D eigenvalue weighted by molar-refractivity contribution is -0.128. The Morgan fingerprint density at radius 3 is 2.62 bits per heavy atom. The van der Waals surface area contributed by atoms with Crippen molar-refractivity contribution in [3.05, 3.63) is 59.9 Å². The summed E-state index contributed by atoms with van der Waals surface area (Å²) in [6, 6.07) is 12.9. The largest absolute Gasteiger partial charge is 0.382 e. The maximum Gasteiger partial charge on any atom is 0.271 e. The second kappa shape index (κ2) is 7.35. The number of halogens is 1. The number of nitrogens with one attached hydrogen (secondary N) is 1. The number of amides is 2. The summed E-state index contributed by atoms with van der Waals surface area (Å²) in [7, 11) is 1.64. The zero-order valence-corrected chi connectivity index (χ0v) is 14.4. The molecule has 0 radical (unpaired) electrons. The van der Waals surface area contributed by atoms with Crippen molar-refractivity contribution in [3.63, 3.8) is 0 Å². The molecule has 2 aromatic rings. The zero-order valence-electron chi connectivity index (χ0n) is 14.4. The minimum Gasteiger partial charge on any atom is -0.382 e. The fraction of sp³-hybridized carbons (Fsp3) is 0.211. The molecule has 7 heteroatoms. The van der Waals surface area contributed by atoms with Crippen molar-refractivity contribution >= 4 is 28.9 Å². The quantitative estimate of drug-likeness (QED) is 0.917. The van der Waals surface area contributed by atoms with Gasteiger partial charge in [-0.25, -0.2) is 4.39 Å². The predicted octanol–water partition coefficient (Wildman–Crippen LogP) is 2.94. The molecule has 0 saturated carbocycles. The average molecular weight is 355 g/mol. The normalized spacial score (nSPS) is 15.8. The van der Waals surface area contributed by atoms with E-state index >= 15 is 0 Å². The zero-order chi connectivity index (χ0) is 18.7. The second-order valence-electron chi connectivity index (χ2n) is 5.97. The van der Waals surface area contributed by atoms with Crippen LogP contribution in [0.15, 0.2) is 53.7 Å². The molecule has 0 bridgehead atoms. The van der Waals surface area contributed by atoms with E-state index in [1.54, 1.807) is 43.4 Å². The fourth-order valence-electron chi connectivity index (χ4n) is 2.66. The van der Waals surface area contributed by atoms with Crippen LogP contribution in [0.1, 0.15) is 18.9 Å². The highest BCUT2D eigenvalue weighted by Gasteiger charge is 2.31. The number of hydrogen-bond acceptors (Lipinski definition) is 4. The summed E-state index contributed by atoms with van der Waals surface area (Å²) in [6.07, 6.45) is -0.482. The molecule has 3 rings (SSSR count). The van der Waals surface area contributed by atoms with Gasteiger partial charge in [0.15, 0.2) is 0 Å². The van der Waals surface area contributed by atoms with Crippen molar-refractivity contribution in [2.45, 2.75) is 19.4 Å².